The first kappa shape index (κ1) is 19.9. The van der Waals surface area contributed by atoms with E-state index in [4.69, 9.17) is 0 Å². The summed E-state index contributed by atoms with van der Waals surface area (Å²) in [5.41, 5.74) is 0.134. The number of rotatable bonds is 8. The minimum absolute atomic E-state index is 0.134. The van der Waals surface area contributed by atoms with Gasteiger partial charge in [-0.25, -0.2) is 0 Å². The molecule has 0 saturated heterocycles. The number of nitrogens with one attached hydrogen (secondary N) is 1. The molecule has 2 aromatic carbocycles. The molecule has 0 aliphatic heterocycles. The Morgan fingerprint density at radius 3 is 1.64 bits per heavy atom. The van der Waals surface area contributed by atoms with Crippen molar-refractivity contribution in [1.82, 2.24) is 5.32 Å². The lowest BCUT2D eigenvalue weighted by Crippen LogP contribution is -2.65. The molecule has 0 heterocycles. The van der Waals surface area contributed by atoms with E-state index >= 15 is 0 Å². The standard InChI is InChI=1S/C22H33NOSi/c1-21(2,23-5)17-12-18-22(3,4)25(24,19-13-8-6-9-14-19)20-15-10-7-11-16-20/h6-11,13-16,23-24H,12,17-18H2,1-5H3. The van der Waals surface area contributed by atoms with Crippen LogP contribution in [0.2, 0.25) is 5.04 Å². The topological polar surface area (TPSA) is 32.3 Å². The third-order valence-electron chi connectivity index (χ3n) is 5.64. The van der Waals surface area contributed by atoms with Gasteiger partial charge in [0.15, 0.2) is 0 Å². The molecular formula is C22H33NOSi. The lowest BCUT2D eigenvalue weighted by Gasteiger charge is -2.42. The third-order valence-corrected chi connectivity index (χ3v) is 10.2. The molecule has 0 bridgehead atoms. The predicted octanol–water partition coefficient (Wildman–Crippen LogP) is 3.69. The Kier molecular flexibility index (Phi) is 6.25. The van der Waals surface area contributed by atoms with Gasteiger partial charge in [0.1, 0.15) is 0 Å². The molecule has 0 aromatic heterocycles. The zero-order valence-corrected chi connectivity index (χ0v) is 17.3. The van der Waals surface area contributed by atoms with Crippen LogP contribution in [0.4, 0.5) is 0 Å². The number of benzene rings is 2. The summed E-state index contributed by atoms with van der Waals surface area (Å²) in [6, 6.07) is 20.6. The normalized spacial score (nSPS) is 13.0. The van der Waals surface area contributed by atoms with Crippen LogP contribution in [-0.2, 0) is 0 Å². The molecule has 0 spiro atoms. The SMILES string of the molecule is CNC(C)(C)CCCC(C)(C)[Si](O)(c1ccccc1)c1ccccc1. The van der Waals surface area contributed by atoms with Gasteiger partial charge < -0.3 is 10.1 Å². The zero-order valence-electron chi connectivity index (χ0n) is 16.3. The van der Waals surface area contributed by atoms with E-state index in [1.54, 1.807) is 0 Å². The van der Waals surface area contributed by atoms with Gasteiger partial charge in [-0.1, -0.05) is 80.9 Å². The Morgan fingerprint density at radius 2 is 1.24 bits per heavy atom. The summed E-state index contributed by atoms with van der Waals surface area (Å²) in [4.78, 5) is 12.1. The second-order valence-corrected chi connectivity index (χ2v) is 12.2. The fourth-order valence-electron chi connectivity index (χ4n) is 3.59. The molecule has 0 fully saturated rings. The monoisotopic (exact) mass is 355 g/mol. The predicted molar refractivity (Wildman–Crippen MR) is 111 cm³/mol. The quantitative estimate of drug-likeness (QED) is 0.708. The van der Waals surface area contributed by atoms with Crippen LogP contribution in [0.15, 0.2) is 60.7 Å². The fourth-order valence-corrected chi connectivity index (χ4v) is 7.37. The van der Waals surface area contributed by atoms with Gasteiger partial charge in [0.2, 0.25) is 0 Å². The maximum Gasteiger partial charge on any atom is 0.258 e. The van der Waals surface area contributed by atoms with E-state index < -0.39 is 8.32 Å². The second kappa shape index (κ2) is 7.86. The summed E-state index contributed by atoms with van der Waals surface area (Å²) in [7, 11) is -0.838. The molecule has 0 aliphatic rings. The van der Waals surface area contributed by atoms with Crippen molar-refractivity contribution >= 4 is 18.7 Å². The molecule has 25 heavy (non-hydrogen) atoms. The van der Waals surface area contributed by atoms with Crippen LogP contribution in [0.1, 0.15) is 47.0 Å². The molecule has 2 rings (SSSR count). The van der Waals surface area contributed by atoms with Crippen molar-refractivity contribution in [3.8, 4) is 0 Å². The van der Waals surface area contributed by atoms with Crippen molar-refractivity contribution in [3.05, 3.63) is 60.7 Å². The van der Waals surface area contributed by atoms with Gasteiger partial charge in [-0.15, -0.1) is 0 Å². The van der Waals surface area contributed by atoms with Gasteiger partial charge in [0.05, 0.1) is 0 Å². The molecule has 0 saturated carbocycles. The van der Waals surface area contributed by atoms with Crippen molar-refractivity contribution in [1.29, 1.82) is 0 Å². The molecule has 3 heteroatoms. The van der Waals surface area contributed by atoms with Gasteiger partial charge >= 0.3 is 0 Å². The highest BCUT2D eigenvalue weighted by Gasteiger charge is 2.49. The van der Waals surface area contributed by atoms with Crippen LogP contribution in [0.25, 0.3) is 0 Å². The first-order valence-electron chi connectivity index (χ1n) is 9.25. The smallest absolute Gasteiger partial charge is 0.258 e. The molecule has 2 nitrogen and oxygen atoms in total. The van der Waals surface area contributed by atoms with Crippen LogP contribution in [0, 0.1) is 0 Å². The average Bonchev–Trinajstić information content (AvgIpc) is 2.62. The fraction of sp³-hybridized carbons (Fsp3) is 0.455. The van der Waals surface area contributed by atoms with Crippen molar-refractivity contribution in [2.75, 3.05) is 7.05 Å². The molecular weight excluding hydrogens is 322 g/mol. The molecule has 0 unspecified atom stereocenters. The van der Waals surface area contributed by atoms with Gasteiger partial charge in [-0.2, -0.15) is 0 Å². The molecule has 0 aliphatic carbocycles. The van der Waals surface area contributed by atoms with E-state index in [1.165, 1.54) is 0 Å². The molecule has 136 valence electrons. The van der Waals surface area contributed by atoms with E-state index in [1.807, 2.05) is 43.4 Å². The molecule has 2 aromatic rings. The van der Waals surface area contributed by atoms with Crippen LogP contribution >= 0.6 is 0 Å². The Hall–Kier alpha value is -1.42. The molecule has 0 amide bonds. The zero-order chi connectivity index (χ0) is 18.6. The Labute approximate surface area is 154 Å². The van der Waals surface area contributed by atoms with Crippen LogP contribution < -0.4 is 15.7 Å². The van der Waals surface area contributed by atoms with E-state index in [-0.39, 0.29) is 10.6 Å². The highest BCUT2D eigenvalue weighted by Crippen LogP contribution is 2.40. The van der Waals surface area contributed by atoms with Gasteiger partial charge in [0, 0.05) is 5.54 Å². The molecule has 2 N–H and O–H groups in total. The molecule has 0 radical (unpaired) electrons. The van der Waals surface area contributed by atoms with E-state index in [0.29, 0.717) is 0 Å². The molecule has 0 atom stereocenters. The second-order valence-electron chi connectivity index (χ2n) is 8.31. The lowest BCUT2D eigenvalue weighted by molar-refractivity contribution is 0.358. The van der Waals surface area contributed by atoms with Crippen LogP contribution in [-0.4, -0.2) is 25.7 Å². The Morgan fingerprint density at radius 1 is 0.800 bits per heavy atom. The summed E-state index contributed by atoms with van der Waals surface area (Å²) < 4.78 is 0. The van der Waals surface area contributed by atoms with Gasteiger partial charge in [0.25, 0.3) is 8.32 Å². The van der Waals surface area contributed by atoms with Crippen LogP contribution in [0.5, 0.6) is 0 Å². The summed E-state index contributed by atoms with van der Waals surface area (Å²) in [6.45, 7) is 8.95. The first-order valence-corrected chi connectivity index (χ1v) is 11.2. The Balaban J connectivity index is 2.35. The maximum absolute atomic E-state index is 12.1. The first-order chi connectivity index (χ1) is 11.7. The summed E-state index contributed by atoms with van der Waals surface area (Å²) in [6.07, 6.45) is 3.20. The van der Waals surface area contributed by atoms with E-state index in [0.717, 1.165) is 29.6 Å². The summed E-state index contributed by atoms with van der Waals surface area (Å²) in [5.74, 6) is 0. The Bertz CT molecular complexity index is 613. The highest BCUT2D eigenvalue weighted by atomic mass is 28.4. The largest absolute Gasteiger partial charge is 0.424 e. The van der Waals surface area contributed by atoms with E-state index in [9.17, 15) is 4.80 Å². The average molecular weight is 356 g/mol. The van der Waals surface area contributed by atoms with Crippen LogP contribution in [0.3, 0.4) is 0 Å². The minimum atomic E-state index is -2.86. The summed E-state index contributed by atoms with van der Waals surface area (Å²) in [5, 5.41) is 5.42. The maximum atomic E-state index is 12.1. The van der Waals surface area contributed by atoms with Crippen molar-refractivity contribution in [3.63, 3.8) is 0 Å². The van der Waals surface area contributed by atoms with Crippen molar-refractivity contribution < 1.29 is 4.80 Å². The third kappa shape index (κ3) is 4.41. The van der Waals surface area contributed by atoms with Gasteiger partial charge in [-0.05, 0) is 49.1 Å². The minimum Gasteiger partial charge on any atom is -0.424 e. The summed E-state index contributed by atoms with van der Waals surface area (Å²) >= 11 is 0. The number of hydrogen-bond acceptors (Lipinski definition) is 2. The van der Waals surface area contributed by atoms with Crippen molar-refractivity contribution in [2.45, 2.75) is 57.5 Å². The van der Waals surface area contributed by atoms with Crippen molar-refractivity contribution in [2.24, 2.45) is 0 Å². The van der Waals surface area contributed by atoms with E-state index in [2.05, 4.69) is 57.3 Å². The lowest BCUT2D eigenvalue weighted by atomic mass is 9.94. The number of hydrogen-bond donors (Lipinski definition) is 2. The highest BCUT2D eigenvalue weighted by molar-refractivity contribution is 6.98. The van der Waals surface area contributed by atoms with Gasteiger partial charge in [-0.3, -0.25) is 0 Å².